The quantitative estimate of drug-likeness (QED) is 0.926. The SMILES string of the molecule is CCC(CN)c1csc(-c2ccccc2Br)n1. The highest BCUT2D eigenvalue weighted by atomic mass is 79.9. The van der Waals surface area contributed by atoms with E-state index in [-0.39, 0.29) is 0 Å². The van der Waals surface area contributed by atoms with Gasteiger partial charge in [-0.3, -0.25) is 0 Å². The van der Waals surface area contributed by atoms with Crippen LogP contribution in [0.15, 0.2) is 34.1 Å². The molecule has 0 radical (unpaired) electrons. The molecule has 0 aliphatic heterocycles. The van der Waals surface area contributed by atoms with Crippen LogP contribution in [0.2, 0.25) is 0 Å². The molecule has 0 fully saturated rings. The van der Waals surface area contributed by atoms with E-state index in [9.17, 15) is 0 Å². The van der Waals surface area contributed by atoms with Gasteiger partial charge in [-0.15, -0.1) is 11.3 Å². The van der Waals surface area contributed by atoms with Gasteiger partial charge in [0.15, 0.2) is 0 Å². The maximum Gasteiger partial charge on any atom is 0.124 e. The molecule has 0 amide bonds. The molecule has 17 heavy (non-hydrogen) atoms. The maximum absolute atomic E-state index is 5.75. The smallest absolute Gasteiger partial charge is 0.124 e. The molecule has 1 atom stereocenters. The predicted octanol–water partition coefficient (Wildman–Crippen LogP) is 4.02. The first-order valence-electron chi connectivity index (χ1n) is 5.66. The molecule has 1 aromatic heterocycles. The highest BCUT2D eigenvalue weighted by molar-refractivity contribution is 9.10. The highest BCUT2D eigenvalue weighted by Gasteiger charge is 2.13. The minimum Gasteiger partial charge on any atom is -0.330 e. The van der Waals surface area contributed by atoms with Crippen LogP contribution in [0.25, 0.3) is 10.6 Å². The summed E-state index contributed by atoms with van der Waals surface area (Å²) >= 11 is 5.23. The van der Waals surface area contributed by atoms with Crippen LogP contribution in [0.5, 0.6) is 0 Å². The van der Waals surface area contributed by atoms with Gasteiger partial charge in [0.25, 0.3) is 0 Å². The normalized spacial score (nSPS) is 12.6. The van der Waals surface area contributed by atoms with Crippen molar-refractivity contribution in [3.63, 3.8) is 0 Å². The summed E-state index contributed by atoms with van der Waals surface area (Å²) in [5.41, 5.74) is 8.01. The first-order chi connectivity index (χ1) is 8.26. The van der Waals surface area contributed by atoms with Crippen LogP contribution >= 0.6 is 27.3 Å². The molecule has 2 rings (SSSR count). The molecule has 0 aliphatic rings. The molecule has 0 bridgehead atoms. The third-order valence-electron chi connectivity index (χ3n) is 2.82. The molecule has 2 aromatic rings. The van der Waals surface area contributed by atoms with Gasteiger partial charge in [-0.1, -0.05) is 41.1 Å². The summed E-state index contributed by atoms with van der Waals surface area (Å²) in [5, 5.41) is 3.18. The Labute approximate surface area is 114 Å². The van der Waals surface area contributed by atoms with Gasteiger partial charge in [-0.2, -0.15) is 0 Å². The molecule has 0 saturated carbocycles. The van der Waals surface area contributed by atoms with E-state index < -0.39 is 0 Å². The summed E-state index contributed by atoms with van der Waals surface area (Å²) in [4.78, 5) is 4.69. The first kappa shape index (κ1) is 12.7. The van der Waals surface area contributed by atoms with E-state index in [1.54, 1.807) is 11.3 Å². The van der Waals surface area contributed by atoms with E-state index in [1.807, 2.05) is 18.2 Å². The van der Waals surface area contributed by atoms with E-state index in [0.717, 1.165) is 27.2 Å². The van der Waals surface area contributed by atoms with Crippen molar-refractivity contribution >= 4 is 27.3 Å². The second-order valence-corrected chi connectivity index (χ2v) is 5.61. The topological polar surface area (TPSA) is 38.9 Å². The Hall–Kier alpha value is -0.710. The summed E-state index contributed by atoms with van der Waals surface area (Å²) in [6, 6.07) is 8.16. The molecule has 90 valence electrons. The number of thiazole rings is 1. The van der Waals surface area contributed by atoms with E-state index in [2.05, 4.69) is 34.3 Å². The molecular formula is C13H15BrN2S. The standard InChI is InChI=1S/C13H15BrN2S/c1-2-9(7-15)12-8-17-13(16-12)10-5-3-4-6-11(10)14/h3-6,8-9H,2,7,15H2,1H3. The molecule has 0 spiro atoms. The Morgan fingerprint density at radius 1 is 1.41 bits per heavy atom. The number of halogens is 1. The van der Waals surface area contributed by atoms with Crippen molar-refractivity contribution < 1.29 is 0 Å². The van der Waals surface area contributed by atoms with Crippen molar-refractivity contribution in [1.29, 1.82) is 0 Å². The first-order valence-corrected chi connectivity index (χ1v) is 7.34. The zero-order valence-corrected chi connectivity index (χ0v) is 12.1. The minimum atomic E-state index is 0.377. The van der Waals surface area contributed by atoms with E-state index >= 15 is 0 Å². The molecule has 1 heterocycles. The second kappa shape index (κ2) is 5.76. The van der Waals surface area contributed by atoms with Gasteiger partial charge in [-0.05, 0) is 12.5 Å². The summed E-state index contributed by atoms with van der Waals surface area (Å²) < 4.78 is 1.08. The number of nitrogens with zero attached hydrogens (tertiary/aromatic N) is 1. The van der Waals surface area contributed by atoms with Gasteiger partial charge in [0.1, 0.15) is 5.01 Å². The van der Waals surface area contributed by atoms with Crippen molar-refractivity contribution in [2.75, 3.05) is 6.54 Å². The van der Waals surface area contributed by atoms with Crippen molar-refractivity contribution in [3.8, 4) is 10.6 Å². The lowest BCUT2D eigenvalue weighted by molar-refractivity contribution is 0.659. The number of aromatic nitrogens is 1. The fourth-order valence-corrected chi connectivity index (χ4v) is 3.27. The van der Waals surface area contributed by atoms with E-state index in [0.29, 0.717) is 12.5 Å². The molecule has 0 saturated heterocycles. The number of nitrogens with two attached hydrogens (primary N) is 1. The Morgan fingerprint density at radius 2 is 2.18 bits per heavy atom. The Bertz CT molecular complexity index is 492. The van der Waals surface area contributed by atoms with Gasteiger partial charge >= 0.3 is 0 Å². The lowest BCUT2D eigenvalue weighted by Crippen LogP contribution is -2.11. The largest absolute Gasteiger partial charge is 0.330 e. The van der Waals surface area contributed by atoms with Crippen LogP contribution in [0.4, 0.5) is 0 Å². The third-order valence-corrected chi connectivity index (χ3v) is 4.41. The average molecular weight is 311 g/mol. The average Bonchev–Trinajstić information content (AvgIpc) is 2.81. The van der Waals surface area contributed by atoms with Crippen molar-refractivity contribution in [2.24, 2.45) is 5.73 Å². The van der Waals surface area contributed by atoms with Gasteiger partial charge in [0, 0.05) is 27.9 Å². The maximum atomic E-state index is 5.75. The van der Waals surface area contributed by atoms with E-state index in [4.69, 9.17) is 10.7 Å². The lowest BCUT2D eigenvalue weighted by atomic mass is 10.0. The van der Waals surface area contributed by atoms with Crippen molar-refractivity contribution in [2.45, 2.75) is 19.3 Å². The molecule has 1 unspecified atom stereocenters. The molecule has 1 aromatic carbocycles. The molecule has 4 heteroatoms. The van der Waals surface area contributed by atoms with Gasteiger partial charge < -0.3 is 5.73 Å². The summed E-state index contributed by atoms with van der Waals surface area (Å²) in [6.45, 7) is 2.81. The van der Waals surface area contributed by atoms with Crippen molar-refractivity contribution in [1.82, 2.24) is 4.98 Å². The van der Waals surface area contributed by atoms with Crippen LogP contribution < -0.4 is 5.73 Å². The Kier molecular flexibility index (Phi) is 4.31. The molecule has 0 aliphatic carbocycles. The lowest BCUT2D eigenvalue weighted by Gasteiger charge is -2.07. The highest BCUT2D eigenvalue weighted by Crippen LogP contribution is 2.32. The fourth-order valence-electron chi connectivity index (χ4n) is 1.73. The number of hydrogen-bond acceptors (Lipinski definition) is 3. The van der Waals surface area contributed by atoms with Crippen LogP contribution in [-0.2, 0) is 0 Å². The summed E-state index contributed by atoms with van der Waals surface area (Å²) in [5.74, 6) is 0.377. The van der Waals surface area contributed by atoms with Gasteiger partial charge in [0.05, 0.1) is 5.69 Å². The Morgan fingerprint density at radius 3 is 2.82 bits per heavy atom. The second-order valence-electron chi connectivity index (χ2n) is 3.90. The van der Waals surface area contributed by atoms with Gasteiger partial charge in [0.2, 0.25) is 0 Å². The van der Waals surface area contributed by atoms with E-state index in [1.165, 1.54) is 0 Å². The number of rotatable bonds is 4. The summed E-state index contributed by atoms with van der Waals surface area (Å²) in [6.07, 6.45) is 1.04. The van der Waals surface area contributed by atoms with Crippen LogP contribution in [-0.4, -0.2) is 11.5 Å². The zero-order chi connectivity index (χ0) is 12.3. The Balaban J connectivity index is 2.33. The summed E-state index contributed by atoms with van der Waals surface area (Å²) in [7, 11) is 0. The van der Waals surface area contributed by atoms with Gasteiger partial charge in [-0.25, -0.2) is 4.98 Å². The van der Waals surface area contributed by atoms with Crippen LogP contribution in [0.3, 0.4) is 0 Å². The zero-order valence-electron chi connectivity index (χ0n) is 9.69. The van der Waals surface area contributed by atoms with Crippen LogP contribution in [0.1, 0.15) is 25.0 Å². The van der Waals surface area contributed by atoms with Crippen molar-refractivity contribution in [3.05, 3.63) is 39.8 Å². The molecule has 2 N–H and O–H groups in total. The minimum absolute atomic E-state index is 0.377. The third kappa shape index (κ3) is 2.76. The number of hydrogen-bond donors (Lipinski definition) is 1. The predicted molar refractivity (Wildman–Crippen MR) is 77.3 cm³/mol. The van der Waals surface area contributed by atoms with Crippen LogP contribution in [0, 0.1) is 0 Å². The number of benzene rings is 1. The molecular weight excluding hydrogens is 296 g/mol. The fraction of sp³-hybridized carbons (Fsp3) is 0.308. The molecule has 2 nitrogen and oxygen atoms in total. The monoisotopic (exact) mass is 310 g/mol.